The Labute approximate surface area is 191 Å². The van der Waals surface area contributed by atoms with Crippen LogP contribution in [-0.4, -0.2) is 24.9 Å². The Bertz CT molecular complexity index is 337. The molecule has 0 saturated carbocycles. The van der Waals surface area contributed by atoms with Gasteiger partial charge in [-0.15, -0.1) is 0 Å². The fraction of sp³-hybridized carbons (Fsp3) is 1.00. The summed E-state index contributed by atoms with van der Waals surface area (Å²) in [4.78, 5) is 0. The number of ether oxygens (including phenoxy) is 2. The summed E-state index contributed by atoms with van der Waals surface area (Å²) in [6.07, 6.45) is 12.2. The van der Waals surface area contributed by atoms with Crippen LogP contribution in [0.1, 0.15) is 99.3 Å². The first-order valence-electron chi connectivity index (χ1n) is 11.9. The Balaban J connectivity index is 3.93. The maximum absolute atomic E-state index is 5.40. The molecule has 3 heteroatoms. The van der Waals surface area contributed by atoms with E-state index in [0.717, 1.165) is 48.5 Å². The van der Waals surface area contributed by atoms with Crippen LogP contribution in [0.25, 0.3) is 0 Å². The first-order chi connectivity index (χ1) is 13.3. The molecule has 0 heterocycles. The van der Waals surface area contributed by atoms with Crippen LogP contribution in [0.3, 0.4) is 0 Å². The average Bonchev–Trinajstić information content (AvgIpc) is 2.58. The topological polar surface area (TPSA) is 18.5 Å². The first kappa shape index (κ1) is 28.6. The van der Waals surface area contributed by atoms with Gasteiger partial charge in [0, 0.05) is 13.7 Å². The quantitative estimate of drug-likeness (QED) is 0.0752. The van der Waals surface area contributed by atoms with Gasteiger partial charge in [0.1, 0.15) is 6.79 Å². The van der Waals surface area contributed by atoms with Crippen molar-refractivity contribution in [1.29, 1.82) is 0 Å². The van der Waals surface area contributed by atoms with Crippen molar-refractivity contribution in [2.45, 2.75) is 99.3 Å². The van der Waals surface area contributed by atoms with E-state index in [0.29, 0.717) is 6.79 Å². The fourth-order valence-corrected chi connectivity index (χ4v) is 5.60. The van der Waals surface area contributed by atoms with Gasteiger partial charge in [-0.1, -0.05) is 64.1 Å². The molecule has 0 aromatic heterocycles. The van der Waals surface area contributed by atoms with E-state index >= 15 is 0 Å². The number of alkyl halides is 1. The Morgan fingerprint density at radius 3 is 1.39 bits per heavy atom. The molecule has 0 amide bonds. The third kappa shape index (κ3) is 17.5. The minimum absolute atomic E-state index is 0.427. The van der Waals surface area contributed by atoms with Gasteiger partial charge in [-0.3, -0.25) is 0 Å². The van der Waals surface area contributed by atoms with E-state index in [1.807, 2.05) is 0 Å². The summed E-state index contributed by atoms with van der Waals surface area (Å²) in [5.74, 6) is 5.13. The van der Waals surface area contributed by atoms with Gasteiger partial charge in [0.2, 0.25) is 0 Å². The summed E-state index contributed by atoms with van der Waals surface area (Å²) in [5, 5.41) is 0. The van der Waals surface area contributed by atoms with Crippen LogP contribution < -0.4 is 0 Å². The summed E-state index contributed by atoms with van der Waals surface area (Å²) >= 11 is 2.50. The molecule has 6 unspecified atom stereocenters. The smallest absolute Gasteiger partial charge is 0.146 e. The predicted octanol–water partition coefficient (Wildman–Crippen LogP) is 8.37. The van der Waals surface area contributed by atoms with E-state index in [1.54, 1.807) is 7.11 Å². The van der Waals surface area contributed by atoms with Gasteiger partial charge in [0.05, 0.1) is 0 Å². The summed E-state index contributed by atoms with van der Waals surface area (Å²) in [5.41, 5.74) is 0. The van der Waals surface area contributed by atoms with Crippen molar-refractivity contribution in [3.63, 3.8) is 0 Å². The predicted molar refractivity (Wildman–Crippen MR) is 133 cm³/mol. The second kappa shape index (κ2) is 18.4. The van der Waals surface area contributed by atoms with Gasteiger partial charge < -0.3 is 9.47 Å². The highest BCUT2D eigenvalue weighted by molar-refractivity contribution is 14.1. The molecule has 0 aliphatic rings. The highest BCUT2D eigenvalue weighted by Crippen LogP contribution is 2.29. The second-order valence-corrected chi connectivity index (χ2v) is 11.2. The summed E-state index contributed by atoms with van der Waals surface area (Å²) < 4.78 is 11.6. The second-order valence-electron chi connectivity index (χ2n) is 10.1. The van der Waals surface area contributed by atoms with E-state index in [2.05, 4.69) is 64.1 Å². The SMILES string of the molecule is COCOCCCC(C)CC(C)CC(C)CC(C)CC(C)CC(C)CCCI. The van der Waals surface area contributed by atoms with Crippen molar-refractivity contribution < 1.29 is 9.47 Å². The molecule has 6 atom stereocenters. The molecule has 0 bridgehead atoms. The van der Waals surface area contributed by atoms with Crippen LogP contribution in [0.2, 0.25) is 0 Å². The molecule has 0 aromatic rings. The van der Waals surface area contributed by atoms with E-state index in [4.69, 9.17) is 9.47 Å². The summed E-state index contributed by atoms with van der Waals surface area (Å²) in [6, 6.07) is 0. The van der Waals surface area contributed by atoms with E-state index < -0.39 is 0 Å². The van der Waals surface area contributed by atoms with E-state index in [9.17, 15) is 0 Å². The standard InChI is InChI=1S/C25H51IO2/c1-20(10-8-12-26)14-22(3)16-24(5)18-25(6)17-23(4)15-21(2)11-9-13-28-19-27-7/h20-25H,8-19H2,1-7H3. The zero-order valence-corrected chi connectivity index (χ0v) is 22.3. The van der Waals surface area contributed by atoms with Crippen molar-refractivity contribution in [1.82, 2.24) is 0 Å². The van der Waals surface area contributed by atoms with Crippen LogP contribution in [0, 0.1) is 35.5 Å². The van der Waals surface area contributed by atoms with Gasteiger partial charge >= 0.3 is 0 Å². The van der Waals surface area contributed by atoms with E-state index in [-0.39, 0.29) is 0 Å². The van der Waals surface area contributed by atoms with Gasteiger partial charge in [0.25, 0.3) is 0 Å². The first-order valence-corrected chi connectivity index (χ1v) is 13.4. The highest BCUT2D eigenvalue weighted by Gasteiger charge is 2.17. The highest BCUT2D eigenvalue weighted by atomic mass is 127. The molecule has 0 fully saturated rings. The minimum Gasteiger partial charge on any atom is -0.359 e. The van der Waals surface area contributed by atoms with Gasteiger partial charge in [-0.05, 0) is 97.7 Å². The zero-order chi connectivity index (χ0) is 21.4. The third-order valence-corrected chi connectivity index (χ3v) is 6.80. The number of hydrogen-bond acceptors (Lipinski definition) is 2. The lowest BCUT2D eigenvalue weighted by atomic mass is 9.81. The molecule has 0 spiro atoms. The molecule has 0 rings (SSSR count). The molecule has 0 aliphatic carbocycles. The normalized spacial score (nSPS) is 18.4. The van der Waals surface area contributed by atoms with Crippen LogP contribution in [0.5, 0.6) is 0 Å². The Kier molecular flexibility index (Phi) is 18.8. The van der Waals surface area contributed by atoms with Crippen LogP contribution in [-0.2, 0) is 9.47 Å². The van der Waals surface area contributed by atoms with Crippen molar-refractivity contribution in [3.05, 3.63) is 0 Å². The van der Waals surface area contributed by atoms with Crippen LogP contribution in [0.4, 0.5) is 0 Å². The molecule has 0 aliphatic heterocycles. The average molecular weight is 511 g/mol. The Morgan fingerprint density at radius 2 is 1.00 bits per heavy atom. The molecule has 0 saturated heterocycles. The van der Waals surface area contributed by atoms with Crippen LogP contribution in [0.15, 0.2) is 0 Å². The number of hydrogen-bond donors (Lipinski definition) is 0. The number of halogens is 1. The number of rotatable bonds is 19. The van der Waals surface area contributed by atoms with Crippen LogP contribution >= 0.6 is 22.6 Å². The minimum atomic E-state index is 0.427. The fourth-order valence-electron chi connectivity index (χ4n) is 5.16. The largest absolute Gasteiger partial charge is 0.359 e. The maximum Gasteiger partial charge on any atom is 0.146 e. The molecule has 2 nitrogen and oxygen atoms in total. The third-order valence-electron chi connectivity index (χ3n) is 6.04. The molecule has 170 valence electrons. The molecule has 28 heavy (non-hydrogen) atoms. The molecule has 0 N–H and O–H groups in total. The van der Waals surface area contributed by atoms with Gasteiger partial charge in [-0.2, -0.15) is 0 Å². The Morgan fingerprint density at radius 1 is 0.607 bits per heavy atom. The molecule has 0 radical (unpaired) electrons. The monoisotopic (exact) mass is 510 g/mol. The lowest BCUT2D eigenvalue weighted by molar-refractivity contribution is -0.0323. The van der Waals surface area contributed by atoms with Crippen molar-refractivity contribution in [3.8, 4) is 0 Å². The lowest BCUT2D eigenvalue weighted by Crippen LogP contribution is -2.13. The molecular formula is C25H51IO2. The van der Waals surface area contributed by atoms with Crippen molar-refractivity contribution in [2.24, 2.45) is 35.5 Å². The summed E-state index contributed by atoms with van der Waals surface area (Å²) in [6.45, 7) is 16.0. The lowest BCUT2D eigenvalue weighted by Gasteiger charge is -2.25. The van der Waals surface area contributed by atoms with Gasteiger partial charge in [-0.25, -0.2) is 0 Å². The zero-order valence-electron chi connectivity index (χ0n) is 20.1. The van der Waals surface area contributed by atoms with Crippen molar-refractivity contribution in [2.75, 3.05) is 24.9 Å². The summed E-state index contributed by atoms with van der Waals surface area (Å²) in [7, 11) is 1.68. The number of methoxy groups -OCH3 is 1. The van der Waals surface area contributed by atoms with Gasteiger partial charge in [0.15, 0.2) is 0 Å². The Hall–Kier alpha value is 0.650. The van der Waals surface area contributed by atoms with Crippen molar-refractivity contribution >= 4 is 22.6 Å². The van der Waals surface area contributed by atoms with E-state index in [1.165, 1.54) is 55.8 Å². The molecule has 0 aromatic carbocycles. The molecular weight excluding hydrogens is 459 g/mol. The maximum atomic E-state index is 5.40.